The molecule has 0 fully saturated rings. The molecule has 3 heteroatoms. The summed E-state index contributed by atoms with van der Waals surface area (Å²) in [4.78, 5) is 34.2. The second-order valence-electron chi connectivity index (χ2n) is 3.56. The summed E-state index contributed by atoms with van der Waals surface area (Å²) in [5, 5.41) is 0. The predicted molar refractivity (Wildman–Crippen MR) is 56.3 cm³/mol. The van der Waals surface area contributed by atoms with Crippen LogP contribution >= 0.6 is 0 Å². The Morgan fingerprint density at radius 1 is 1.13 bits per heavy atom. The van der Waals surface area contributed by atoms with Gasteiger partial charge < -0.3 is 0 Å². The summed E-state index contributed by atoms with van der Waals surface area (Å²) in [5.74, 6) is -0.813. The van der Waals surface area contributed by atoms with Crippen LogP contribution in [0.1, 0.15) is 20.8 Å². The van der Waals surface area contributed by atoms with E-state index < -0.39 is 0 Å². The molecule has 0 saturated carbocycles. The summed E-state index contributed by atoms with van der Waals surface area (Å²) in [7, 11) is 0. The van der Waals surface area contributed by atoms with E-state index in [4.69, 9.17) is 0 Å². The van der Waals surface area contributed by atoms with Crippen molar-refractivity contribution in [1.29, 1.82) is 0 Å². The SMILES string of the molecule is C=C1C(=O)C(C)=C(C)C(=O)/C1=C/C(C)=O. The van der Waals surface area contributed by atoms with Crippen molar-refractivity contribution in [2.45, 2.75) is 20.8 Å². The molecule has 1 rings (SSSR count). The zero-order valence-electron chi connectivity index (χ0n) is 9.01. The van der Waals surface area contributed by atoms with Gasteiger partial charge in [0.2, 0.25) is 0 Å². The van der Waals surface area contributed by atoms with Gasteiger partial charge in [0.1, 0.15) is 0 Å². The molecule has 0 atom stereocenters. The maximum atomic E-state index is 11.7. The Kier molecular flexibility index (Phi) is 2.84. The average molecular weight is 204 g/mol. The summed E-state index contributed by atoms with van der Waals surface area (Å²) in [6.07, 6.45) is 1.17. The first-order chi connectivity index (χ1) is 6.86. The van der Waals surface area contributed by atoms with Crippen LogP contribution < -0.4 is 0 Å². The Bertz CT molecular complexity index is 447. The summed E-state index contributed by atoms with van der Waals surface area (Å²) in [5.41, 5.74) is 1.03. The summed E-state index contributed by atoms with van der Waals surface area (Å²) >= 11 is 0. The molecule has 15 heavy (non-hydrogen) atoms. The maximum Gasteiger partial charge on any atom is 0.189 e. The van der Waals surface area contributed by atoms with Crippen LogP contribution in [0.5, 0.6) is 0 Å². The van der Waals surface area contributed by atoms with E-state index >= 15 is 0 Å². The smallest absolute Gasteiger partial charge is 0.189 e. The molecular formula is C12H12O3. The summed E-state index contributed by atoms with van der Waals surface area (Å²) < 4.78 is 0. The molecule has 0 aromatic carbocycles. The molecule has 3 nitrogen and oxygen atoms in total. The number of hydrogen-bond acceptors (Lipinski definition) is 3. The van der Waals surface area contributed by atoms with Crippen molar-refractivity contribution in [1.82, 2.24) is 0 Å². The van der Waals surface area contributed by atoms with Gasteiger partial charge in [-0.2, -0.15) is 0 Å². The summed E-state index contributed by atoms with van der Waals surface area (Å²) in [6.45, 7) is 8.04. The molecule has 0 spiro atoms. The van der Waals surface area contributed by atoms with Crippen LogP contribution in [-0.4, -0.2) is 17.3 Å². The topological polar surface area (TPSA) is 51.2 Å². The molecule has 0 radical (unpaired) electrons. The van der Waals surface area contributed by atoms with Gasteiger partial charge in [0.25, 0.3) is 0 Å². The third-order valence-corrected chi connectivity index (χ3v) is 2.44. The third-order valence-electron chi connectivity index (χ3n) is 2.44. The zero-order valence-corrected chi connectivity index (χ0v) is 9.01. The third kappa shape index (κ3) is 1.86. The van der Waals surface area contributed by atoms with Crippen LogP contribution in [0.2, 0.25) is 0 Å². The first kappa shape index (κ1) is 11.3. The van der Waals surface area contributed by atoms with E-state index in [0.29, 0.717) is 11.1 Å². The lowest BCUT2D eigenvalue weighted by Gasteiger charge is -2.17. The average Bonchev–Trinajstić information content (AvgIpc) is 2.18. The number of allylic oxidation sites excluding steroid dienone is 5. The first-order valence-electron chi connectivity index (χ1n) is 4.54. The lowest BCUT2D eigenvalue weighted by molar-refractivity contribution is -0.117. The molecule has 0 unspecified atom stereocenters. The van der Waals surface area contributed by atoms with Gasteiger partial charge in [0.15, 0.2) is 17.3 Å². The van der Waals surface area contributed by atoms with Crippen LogP contribution in [0, 0.1) is 0 Å². The normalized spacial score (nSPS) is 20.2. The van der Waals surface area contributed by atoms with Crippen LogP contribution in [0.15, 0.2) is 34.9 Å². The predicted octanol–water partition coefficient (Wildman–Crippen LogP) is 1.55. The van der Waals surface area contributed by atoms with Crippen LogP contribution in [0.3, 0.4) is 0 Å². The molecule has 0 aliphatic heterocycles. The molecular weight excluding hydrogens is 192 g/mol. The van der Waals surface area contributed by atoms with Gasteiger partial charge in [0, 0.05) is 22.3 Å². The van der Waals surface area contributed by atoms with Gasteiger partial charge in [-0.25, -0.2) is 0 Å². The minimum absolute atomic E-state index is 0.110. The highest BCUT2D eigenvalue weighted by atomic mass is 16.1. The summed E-state index contributed by atoms with van der Waals surface area (Å²) in [6, 6.07) is 0. The minimum atomic E-state index is -0.285. The number of carbonyl (C=O) groups is 3. The van der Waals surface area contributed by atoms with E-state index in [2.05, 4.69) is 6.58 Å². The number of rotatable bonds is 1. The highest BCUT2D eigenvalue weighted by molar-refractivity contribution is 6.30. The molecule has 0 bridgehead atoms. The second kappa shape index (κ2) is 3.77. The monoisotopic (exact) mass is 204 g/mol. The minimum Gasteiger partial charge on any atom is -0.295 e. The molecule has 78 valence electrons. The van der Waals surface area contributed by atoms with Gasteiger partial charge in [-0.3, -0.25) is 14.4 Å². The number of hydrogen-bond donors (Lipinski definition) is 0. The maximum absolute atomic E-state index is 11.7. The fourth-order valence-corrected chi connectivity index (χ4v) is 1.38. The molecule has 0 heterocycles. The van der Waals surface area contributed by atoms with E-state index in [9.17, 15) is 14.4 Å². The second-order valence-corrected chi connectivity index (χ2v) is 3.56. The first-order valence-corrected chi connectivity index (χ1v) is 4.54. The molecule has 0 aromatic rings. The van der Waals surface area contributed by atoms with Crippen molar-refractivity contribution in [2.24, 2.45) is 0 Å². The van der Waals surface area contributed by atoms with E-state index in [1.807, 2.05) is 0 Å². The van der Waals surface area contributed by atoms with Crippen molar-refractivity contribution in [3.63, 3.8) is 0 Å². The standard InChI is InChI=1S/C12H12O3/c1-6(13)5-10-9(4)11(14)7(2)8(3)12(10)15/h5H,4H2,1-3H3/b10-5+. The Morgan fingerprint density at radius 2 is 1.60 bits per heavy atom. The van der Waals surface area contributed by atoms with Crippen molar-refractivity contribution < 1.29 is 14.4 Å². The molecule has 0 aromatic heterocycles. The fourth-order valence-electron chi connectivity index (χ4n) is 1.38. The van der Waals surface area contributed by atoms with Crippen molar-refractivity contribution in [3.05, 3.63) is 34.9 Å². The molecule has 1 aliphatic rings. The van der Waals surface area contributed by atoms with Crippen LogP contribution in [0.25, 0.3) is 0 Å². The zero-order chi connectivity index (χ0) is 11.7. The number of Topliss-reactive ketones (excluding diaryl/α,β-unsaturated/α-hetero) is 2. The number of ketones is 3. The highest BCUT2D eigenvalue weighted by Crippen LogP contribution is 2.26. The van der Waals surface area contributed by atoms with Crippen molar-refractivity contribution in [2.75, 3.05) is 0 Å². The van der Waals surface area contributed by atoms with Gasteiger partial charge >= 0.3 is 0 Å². The molecule has 0 saturated heterocycles. The lowest BCUT2D eigenvalue weighted by atomic mass is 9.83. The number of carbonyl (C=O) groups excluding carboxylic acids is 3. The van der Waals surface area contributed by atoms with Gasteiger partial charge in [-0.1, -0.05) is 6.58 Å². The van der Waals surface area contributed by atoms with Crippen molar-refractivity contribution in [3.8, 4) is 0 Å². The van der Waals surface area contributed by atoms with E-state index in [-0.39, 0.29) is 28.5 Å². The van der Waals surface area contributed by atoms with E-state index in [1.54, 1.807) is 13.8 Å². The quantitative estimate of drug-likeness (QED) is 0.609. The van der Waals surface area contributed by atoms with Gasteiger partial charge in [-0.15, -0.1) is 0 Å². The van der Waals surface area contributed by atoms with Gasteiger partial charge in [0.05, 0.1) is 0 Å². The Hall–Kier alpha value is -1.77. The van der Waals surface area contributed by atoms with Gasteiger partial charge in [-0.05, 0) is 26.8 Å². The Morgan fingerprint density at radius 3 is 2.07 bits per heavy atom. The van der Waals surface area contributed by atoms with E-state index in [1.165, 1.54) is 13.0 Å². The lowest BCUT2D eigenvalue weighted by Crippen LogP contribution is -2.22. The van der Waals surface area contributed by atoms with Crippen LogP contribution in [0.4, 0.5) is 0 Å². The Balaban J connectivity index is 3.38. The molecule has 0 N–H and O–H groups in total. The van der Waals surface area contributed by atoms with Crippen molar-refractivity contribution >= 4 is 17.3 Å². The van der Waals surface area contributed by atoms with Crippen LogP contribution in [-0.2, 0) is 14.4 Å². The highest BCUT2D eigenvalue weighted by Gasteiger charge is 2.29. The fraction of sp³-hybridized carbons (Fsp3) is 0.250. The Labute approximate surface area is 88.2 Å². The molecule has 0 amide bonds. The largest absolute Gasteiger partial charge is 0.295 e. The van der Waals surface area contributed by atoms with E-state index in [0.717, 1.165) is 0 Å². The molecule has 1 aliphatic carbocycles.